The van der Waals surface area contributed by atoms with Crippen molar-refractivity contribution in [3.63, 3.8) is 0 Å². The molecule has 0 aromatic carbocycles. The fraction of sp³-hybridized carbons (Fsp3) is 0.958. The van der Waals surface area contributed by atoms with Crippen molar-refractivity contribution in [1.29, 1.82) is 0 Å². The second-order valence-electron chi connectivity index (χ2n) is 7.36. The molecule has 204 valence electrons. The van der Waals surface area contributed by atoms with Crippen LogP contribution >= 0.6 is 0 Å². The fourth-order valence-corrected chi connectivity index (χ4v) is 2.64. The van der Waals surface area contributed by atoms with E-state index < -0.39 is 6.67 Å². The molecule has 0 aromatic heterocycles. The van der Waals surface area contributed by atoms with E-state index in [9.17, 15) is 9.18 Å². The van der Waals surface area contributed by atoms with Crippen molar-refractivity contribution in [1.82, 2.24) is 0 Å². The lowest BCUT2D eigenvalue weighted by molar-refractivity contribution is -0.145. The Morgan fingerprint density at radius 3 is 1.24 bits per heavy atom. The molecular formula is C24H47FO9. The molecule has 0 fully saturated rings. The first-order valence-corrected chi connectivity index (χ1v) is 12.6. The van der Waals surface area contributed by atoms with Crippen molar-refractivity contribution < 1.29 is 47.1 Å². The minimum atomic E-state index is -0.473. The molecule has 0 unspecified atom stereocenters. The highest BCUT2D eigenvalue weighted by Gasteiger charge is 2.02. The SMILES string of the molecule is CCCCCCCC(=O)OCCOCCOCCOCCOCCOCCOCCOCCF. The molecule has 0 radical (unpaired) electrons. The van der Waals surface area contributed by atoms with Crippen LogP contribution in [0, 0.1) is 0 Å². The lowest BCUT2D eigenvalue weighted by Crippen LogP contribution is -2.15. The van der Waals surface area contributed by atoms with Crippen molar-refractivity contribution in [2.24, 2.45) is 0 Å². The van der Waals surface area contributed by atoms with Gasteiger partial charge in [0.05, 0.1) is 92.5 Å². The van der Waals surface area contributed by atoms with E-state index in [1.807, 2.05) is 0 Å². The molecule has 9 nitrogen and oxygen atoms in total. The Kier molecular flexibility index (Phi) is 29.4. The maximum Gasteiger partial charge on any atom is 0.305 e. The third-order valence-corrected chi connectivity index (χ3v) is 4.43. The lowest BCUT2D eigenvalue weighted by Gasteiger charge is -2.08. The summed E-state index contributed by atoms with van der Waals surface area (Å²) in [4.78, 5) is 11.5. The van der Waals surface area contributed by atoms with Crippen LogP contribution in [-0.2, 0) is 42.7 Å². The van der Waals surface area contributed by atoms with Gasteiger partial charge in [0, 0.05) is 6.42 Å². The summed E-state index contributed by atoms with van der Waals surface area (Å²) in [6.07, 6.45) is 6.08. The van der Waals surface area contributed by atoms with Gasteiger partial charge in [0.15, 0.2) is 0 Å². The highest BCUT2D eigenvalue weighted by molar-refractivity contribution is 5.69. The van der Waals surface area contributed by atoms with Gasteiger partial charge in [-0.1, -0.05) is 32.6 Å². The fourth-order valence-electron chi connectivity index (χ4n) is 2.64. The number of carbonyl (C=O) groups excluding carboxylic acids is 1. The van der Waals surface area contributed by atoms with Gasteiger partial charge in [-0.2, -0.15) is 0 Å². The third kappa shape index (κ3) is 29.2. The van der Waals surface area contributed by atoms with Crippen molar-refractivity contribution in [3.05, 3.63) is 0 Å². The Bertz CT molecular complexity index is 403. The molecule has 0 rings (SSSR count). The van der Waals surface area contributed by atoms with Crippen LogP contribution in [0.4, 0.5) is 4.39 Å². The molecule has 34 heavy (non-hydrogen) atoms. The molecule has 0 aliphatic carbocycles. The molecule has 0 spiro atoms. The van der Waals surface area contributed by atoms with Crippen LogP contribution in [0.3, 0.4) is 0 Å². The smallest absolute Gasteiger partial charge is 0.305 e. The molecular weight excluding hydrogens is 451 g/mol. The van der Waals surface area contributed by atoms with Gasteiger partial charge < -0.3 is 37.9 Å². The molecule has 0 heterocycles. The normalized spacial score (nSPS) is 11.2. The number of unbranched alkanes of at least 4 members (excludes halogenated alkanes) is 4. The van der Waals surface area contributed by atoms with Crippen LogP contribution in [0.15, 0.2) is 0 Å². The zero-order valence-electron chi connectivity index (χ0n) is 21.1. The summed E-state index contributed by atoms with van der Waals surface area (Å²) in [5.74, 6) is -0.149. The molecule has 0 saturated carbocycles. The highest BCUT2D eigenvalue weighted by atomic mass is 19.1. The largest absolute Gasteiger partial charge is 0.463 e. The number of carbonyl (C=O) groups is 1. The van der Waals surface area contributed by atoms with E-state index in [1.54, 1.807) is 0 Å². The summed E-state index contributed by atoms with van der Waals surface area (Å²) >= 11 is 0. The number of hydrogen-bond donors (Lipinski definition) is 0. The molecule has 0 aromatic rings. The lowest BCUT2D eigenvalue weighted by atomic mass is 10.1. The average molecular weight is 499 g/mol. The van der Waals surface area contributed by atoms with Gasteiger partial charge in [0.25, 0.3) is 0 Å². The van der Waals surface area contributed by atoms with Crippen LogP contribution in [0.5, 0.6) is 0 Å². The van der Waals surface area contributed by atoms with E-state index in [4.69, 9.17) is 37.9 Å². The monoisotopic (exact) mass is 498 g/mol. The first-order valence-electron chi connectivity index (χ1n) is 12.6. The molecule has 0 aliphatic heterocycles. The van der Waals surface area contributed by atoms with Gasteiger partial charge in [-0.3, -0.25) is 4.79 Å². The van der Waals surface area contributed by atoms with E-state index in [2.05, 4.69) is 6.92 Å². The van der Waals surface area contributed by atoms with E-state index in [0.29, 0.717) is 92.3 Å². The summed E-state index contributed by atoms with van der Waals surface area (Å²) in [6, 6.07) is 0. The van der Waals surface area contributed by atoms with E-state index in [0.717, 1.165) is 12.8 Å². The number of esters is 1. The number of halogens is 1. The minimum Gasteiger partial charge on any atom is -0.463 e. The molecule has 0 amide bonds. The molecule has 0 aliphatic rings. The van der Waals surface area contributed by atoms with Gasteiger partial charge in [0.2, 0.25) is 0 Å². The van der Waals surface area contributed by atoms with Crippen molar-refractivity contribution >= 4 is 5.97 Å². The van der Waals surface area contributed by atoms with Crippen molar-refractivity contribution in [2.75, 3.05) is 106 Å². The quantitative estimate of drug-likeness (QED) is 0.114. The number of hydrogen-bond acceptors (Lipinski definition) is 9. The summed E-state index contributed by atoms with van der Waals surface area (Å²) in [7, 11) is 0. The maximum atomic E-state index is 11.8. The summed E-state index contributed by atoms with van der Waals surface area (Å²) < 4.78 is 54.1. The summed E-state index contributed by atoms with van der Waals surface area (Å²) in [5, 5.41) is 0. The Balaban J connectivity index is 3.08. The predicted octanol–water partition coefficient (Wildman–Crippen LogP) is 2.98. The Morgan fingerprint density at radius 1 is 0.500 bits per heavy atom. The summed E-state index contributed by atoms with van der Waals surface area (Å²) in [5.41, 5.74) is 0. The van der Waals surface area contributed by atoms with Gasteiger partial charge in [-0.05, 0) is 6.42 Å². The van der Waals surface area contributed by atoms with Crippen LogP contribution < -0.4 is 0 Å². The first kappa shape index (κ1) is 33.1. The third-order valence-electron chi connectivity index (χ3n) is 4.43. The van der Waals surface area contributed by atoms with Gasteiger partial charge >= 0.3 is 5.97 Å². The van der Waals surface area contributed by atoms with Crippen LogP contribution in [-0.4, -0.2) is 112 Å². The van der Waals surface area contributed by atoms with E-state index in [1.165, 1.54) is 19.3 Å². The molecule has 0 bridgehead atoms. The average Bonchev–Trinajstić information content (AvgIpc) is 2.84. The van der Waals surface area contributed by atoms with Gasteiger partial charge in [-0.15, -0.1) is 0 Å². The van der Waals surface area contributed by atoms with Crippen LogP contribution in [0.25, 0.3) is 0 Å². The molecule has 0 saturated heterocycles. The number of ether oxygens (including phenoxy) is 8. The zero-order chi connectivity index (χ0) is 24.8. The minimum absolute atomic E-state index is 0.114. The van der Waals surface area contributed by atoms with Crippen molar-refractivity contribution in [3.8, 4) is 0 Å². The van der Waals surface area contributed by atoms with Crippen LogP contribution in [0.1, 0.15) is 45.4 Å². The highest BCUT2D eigenvalue weighted by Crippen LogP contribution is 2.05. The van der Waals surface area contributed by atoms with Gasteiger partial charge in [0.1, 0.15) is 13.3 Å². The first-order chi connectivity index (χ1) is 16.8. The standard InChI is InChI=1S/C24H47FO9/c1-2-3-4-5-6-7-24(26)34-23-22-33-21-20-32-19-18-31-17-16-30-15-14-29-13-12-28-11-10-27-9-8-25/h2-23H2,1H3. The topological polar surface area (TPSA) is 90.9 Å². The summed E-state index contributed by atoms with van der Waals surface area (Å²) in [6.45, 7) is 8.12. The number of alkyl halides is 1. The maximum absolute atomic E-state index is 11.8. The van der Waals surface area contributed by atoms with E-state index >= 15 is 0 Å². The van der Waals surface area contributed by atoms with Gasteiger partial charge in [-0.25, -0.2) is 4.39 Å². The molecule has 10 heteroatoms. The Hall–Kier alpha value is -0.880. The number of rotatable bonds is 29. The zero-order valence-corrected chi connectivity index (χ0v) is 21.1. The second kappa shape index (κ2) is 30.2. The van der Waals surface area contributed by atoms with E-state index in [-0.39, 0.29) is 19.2 Å². The predicted molar refractivity (Wildman–Crippen MR) is 126 cm³/mol. The Morgan fingerprint density at radius 2 is 0.853 bits per heavy atom. The Labute approximate surface area is 204 Å². The molecule has 0 atom stereocenters. The van der Waals surface area contributed by atoms with Crippen LogP contribution in [0.2, 0.25) is 0 Å². The molecule has 0 N–H and O–H groups in total. The second-order valence-corrected chi connectivity index (χ2v) is 7.36. The van der Waals surface area contributed by atoms with Crippen molar-refractivity contribution in [2.45, 2.75) is 45.4 Å².